The van der Waals surface area contributed by atoms with E-state index in [1.54, 1.807) is 17.9 Å². The molecule has 1 fully saturated rings. The molecule has 128 valence electrons. The molecule has 2 aromatic heterocycles. The number of rotatable bonds is 5. The second-order valence-electron chi connectivity index (χ2n) is 6.12. The van der Waals surface area contributed by atoms with Gasteiger partial charge in [0.2, 0.25) is 5.91 Å². The first-order valence-electron chi connectivity index (χ1n) is 7.68. The lowest BCUT2D eigenvalue weighted by molar-refractivity contribution is -0.123. The summed E-state index contributed by atoms with van der Waals surface area (Å²) < 4.78 is 2.78. The Hall–Kier alpha value is -2.68. The Morgan fingerprint density at radius 2 is 2.25 bits per heavy atom. The maximum absolute atomic E-state index is 12.3. The molecule has 1 amide bonds. The number of aromatic nitrogens is 4. The summed E-state index contributed by atoms with van der Waals surface area (Å²) in [6, 6.07) is 0.920. The lowest BCUT2D eigenvalue weighted by Gasteiger charge is -2.37. The first-order valence-corrected chi connectivity index (χ1v) is 7.68. The largest absolute Gasteiger partial charge is 0.393 e. The highest BCUT2D eigenvalue weighted by Gasteiger charge is 2.36. The van der Waals surface area contributed by atoms with Crippen molar-refractivity contribution in [1.29, 1.82) is 0 Å². The van der Waals surface area contributed by atoms with Crippen molar-refractivity contribution in [2.75, 3.05) is 0 Å². The Labute approximate surface area is 136 Å². The van der Waals surface area contributed by atoms with Crippen LogP contribution in [0.2, 0.25) is 0 Å². The van der Waals surface area contributed by atoms with E-state index in [0.29, 0.717) is 12.8 Å². The van der Waals surface area contributed by atoms with Gasteiger partial charge in [-0.05, 0) is 18.8 Å². The van der Waals surface area contributed by atoms with E-state index in [9.17, 15) is 19.5 Å². The number of aryl methyl sites for hydroxylation is 1. The van der Waals surface area contributed by atoms with Gasteiger partial charge in [0.05, 0.1) is 18.3 Å². The highest BCUT2D eigenvalue weighted by atomic mass is 16.3. The van der Waals surface area contributed by atoms with Gasteiger partial charge in [0, 0.05) is 31.1 Å². The topological polar surface area (TPSA) is 122 Å². The lowest BCUT2D eigenvalue weighted by atomic mass is 9.75. The molecule has 0 saturated heterocycles. The molecule has 0 aliphatic heterocycles. The van der Waals surface area contributed by atoms with Crippen molar-refractivity contribution in [2.45, 2.75) is 31.5 Å². The summed E-state index contributed by atoms with van der Waals surface area (Å²) >= 11 is 0. The quantitative estimate of drug-likeness (QED) is 0.641. The third-order valence-corrected chi connectivity index (χ3v) is 4.23. The number of nitrogens with zero attached hydrogens (tertiary/aromatic N) is 3. The molecule has 1 atom stereocenters. The fraction of sp³-hybridized carbons (Fsp3) is 0.467. The maximum Gasteiger partial charge on any atom is 0.328 e. The maximum atomic E-state index is 12.3. The summed E-state index contributed by atoms with van der Waals surface area (Å²) in [5, 5.41) is 16.6. The van der Waals surface area contributed by atoms with Crippen LogP contribution in [-0.4, -0.2) is 36.4 Å². The number of amides is 1. The zero-order valence-electron chi connectivity index (χ0n) is 13.2. The number of carbonyl (C=O) groups is 1. The Morgan fingerprint density at radius 3 is 2.83 bits per heavy atom. The normalized spacial score (nSPS) is 21.1. The Morgan fingerprint density at radius 1 is 1.50 bits per heavy atom. The Kier molecular flexibility index (Phi) is 4.34. The molecule has 3 N–H and O–H groups in total. The van der Waals surface area contributed by atoms with Crippen LogP contribution in [-0.2, 0) is 18.4 Å². The molecule has 0 bridgehead atoms. The minimum atomic E-state index is -0.630. The number of aromatic amines is 1. The van der Waals surface area contributed by atoms with Crippen molar-refractivity contribution in [1.82, 2.24) is 24.6 Å². The number of hydrogen-bond donors (Lipinski definition) is 3. The summed E-state index contributed by atoms with van der Waals surface area (Å²) in [7, 11) is 1.79. The minimum Gasteiger partial charge on any atom is -0.393 e. The highest BCUT2D eigenvalue weighted by molar-refractivity contribution is 5.76. The van der Waals surface area contributed by atoms with Crippen LogP contribution in [0.4, 0.5) is 0 Å². The number of carbonyl (C=O) groups excluding carboxylic acids is 1. The average molecular weight is 333 g/mol. The molecule has 2 aromatic rings. The smallest absolute Gasteiger partial charge is 0.328 e. The highest BCUT2D eigenvalue weighted by Crippen LogP contribution is 2.37. The van der Waals surface area contributed by atoms with E-state index in [1.807, 2.05) is 6.20 Å². The van der Waals surface area contributed by atoms with Gasteiger partial charge in [0.1, 0.15) is 6.54 Å². The zero-order valence-corrected chi connectivity index (χ0v) is 13.2. The molecular formula is C15H19N5O4. The molecule has 2 heterocycles. The molecular weight excluding hydrogens is 314 g/mol. The van der Waals surface area contributed by atoms with E-state index in [0.717, 1.165) is 10.1 Å². The second kappa shape index (κ2) is 6.44. The fourth-order valence-corrected chi connectivity index (χ4v) is 2.92. The monoisotopic (exact) mass is 333 g/mol. The average Bonchev–Trinajstić information content (AvgIpc) is 2.91. The van der Waals surface area contributed by atoms with Crippen LogP contribution < -0.4 is 16.6 Å². The molecule has 1 aliphatic rings. The molecule has 0 aromatic carbocycles. The molecule has 24 heavy (non-hydrogen) atoms. The van der Waals surface area contributed by atoms with Crippen LogP contribution in [0.3, 0.4) is 0 Å². The van der Waals surface area contributed by atoms with Crippen LogP contribution in [0, 0.1) is 5.92 Å². The van der Waals surface area contributed by atoms with Gasteiger partial charge in [-0.1, -0.05) is 0 Å². The summed E-state index contributed by atoms with van der Waals surface area (Å²) in [5.74, 6) is -0.222. The summed E-state index contributed by atoms with van der Waals surface area (Å²) in [6.07, 6.45) is 5.67. The molecule has 1 aliphatic carbocycles. The Balaban J connectivity index is 1.73. The van der Waals surface area contributed by atoms with Crippen molar-refractivity contribution in [3.05, 3.63) is 51.1 Å². The van der Waals surface area contributed by atoms with Gasteiger partial charge < -0.3 is 10.4 Å². The van der Waals surface area contributed by atoms with E-state index < -0.39 is 11.2 Å². The van der Waals surface area contributed by atoms with Crippen LogP contribution in [0.25, 0.3) is 0 Å². The van der Waals surface area contributed by atoms with Crippen molar-refractivity contribution < 1.29 is 9.90 Å². The Bertz CT molecular complexity index is 846. The van der Waals surface area contributed by atoms with Crippen molar-refractivity contribution in [3.63, 3.8) is 0 Å². The lowest BCUT2D eigenvalue weighted by Crippen LogP contribution is -2.43. The van der Waals surface area contributed by atoms with Crippen LogP contribution in [0.5, 0.6) is 0 Å². The van der Waals surface area contributed by atoms with E-state index >= 15 is 0 Å². The molecule has 0 radical (unpaired) electrons. The number of H-pyrrole nitrogens is 1. The zero-order chi connectivity index (χ0) is 17.3. The van der Waals surface area contributed by atoms with Gasteiger partial charge in [0.15, 0.2) is 0 Å². The molecule has 1 saturated carbocycles. The standard InChI is InChI=1S/C15H19N5O4/c1-19-7-10(6-16-19)14(9-4-11(21)5-9)17-13(23)8-20-3-2-12(22)18-15(20)24/h2-3,6-7,9,11,14,21H,4-5,8H2,1H3,(H,17,23)(H,18,22,24)/t9?,11?,14-/m1/s1. The minimum absolute atomic E-state index is 0.125. The fourth-order valence-electron chi connectivity index (χ4n) is 2.92. The van der Waals surface area contributed by atoms with Gasteiger partial charge in [-0.2, -0.15) is 5.10 Å². The van der Waals surface area contributed by atoms with E-state index in [4.69, 9.17) is 0 Å². The predicted molar refractivity (Wildman–Crippen MR) is 84.1 cm³/mol. The molecule has 9 heteroatoms. The third kappa shape index (κ3) is 3.46. The van der Waals surface area contributed by atoms with Crippen LogP contribution in [0.15, 0.2) is 34.2 Å². The van der Waals surface area contributed by atoms with Gasteiger partial charge in [-0.15, -0.1) is 0 Å². The molecule has 0 unspecified atom stereocenters. The summed E-state index contributed by atoms with van der Waals surface area (Å²) in [6.45, 7) is -0.193. The van der Waals surface area contributed by atoms with Crippen molar-refractivity contribution >= 4 is 5.91 Å². The molecule has 9 nitrogen and oxygen atoms in total. The molecule has 0 spiro atoms. The van der Waals surface area contributed by atoms with Crippen LogP contribution in [0.1, 0.15) is 24.4 Å². The SMILES string of the molecule is Cn1cc([C@H](NC(=O)Cn2ccc(=O)[nH]c2=O)C2CC(O)C2)cn1. The number of nitrogens with one attached hydrogen (secondary N) is 2. The predicted octanol–water partition coefficient (Wildman–Crippen LogP) is -1.10. The summed E-state index contributed by atoms with van der Waals surface area (Å²) in [5.41, 5.74) is -0.278. The number of aliphatic hydroxyl groups is 1. The number of aliphatic hydroxyl groups excluding tert-OH is 1. The third-order valence-electron chi connectivity index (χ3n) is 4.23. The number of hydrogen-bond acceptors (Lipinski definition) is 5. The van der Waals surface area contributed by atoms with E-state index in [1.165, 1.54) is 12.3 Å². The summed E-state index contributed by atoms with van der Waals surface area (Å²) in [4.78, 5) is 37.1. The van der Waals surface area contributed by atoms with E-state index in [-0.39, 0.29) is 30.5 Å². The van der Waals surface area contributed by atoms with Crippen molar-refractivity contribution in [2.24, 2.45) is 13.0 Å². The second-order valence-corrected chi connectivity index (χ2v) is 6.12. The van der Waals surface area contributed by atoms with Gasteiger partial charge in [-0.25, -0.2) is 4.79 Å². The van der Waals surface area contributed by atoms with Gasteiger partial charge in [0.25, 0.3) is 5.56 Å². The van der Waals surface area contributed by atoms with E-state index in [2.05, 4.69) is 15.4 Å². The first kappa shape index (κ1) is 16.2. The van der Waals surface area contributed by atoms with Gasteiger partial charge in [-0.3, -0.25) is 23.8 Å². The first-order chi connectivity index (χ1) is 11.4. The van der Waals surface area contributed by atoms with Crippen molar-refractivity contribution in [3.8, 4) is 0 Å². The van der Waals surface area contributed by atoms with Gasteiger partial charge >= 0.3 is 5.69 Å². The van der Waals surface area contributed by atoms with Crippen LogP contribution >= 0.6 is 0 Å². The molecule has 3 rings (SSSR count).